The summed E-state index contributed by atoms with van der Waals surface area (Å²) >= 11 is 5.89. The first kappa shape index (κ1) is 11.5. The zero-order valence-corrected chi connectivity index (χ0v) is 9.69. The highest BCUT2D eigenvalue weighted by atomic mass is 35.5. The van der Waals surface area contributed by atoms with Crippen molar-refractivity contribution < 1.29 is 4.79 Å². The van der Waals surface area contributed by atoms with Gasteiger partial charge in [0.1, 0.15) is 0 Å². The van der Waals surface area contributed by atoms with Crippen LogP contribution in [-0.4, -0.2) is 15.9 Å². The second-order valence-electron chi connectivity index (χ2n) is 3.40. The topological polar surface area (TPSA) is 54.9 Å². The molecule has 0 unspecified atom stereocenters. The number of hydrogen-bond acceptors (Lipinski definition) is 3. The van der Waals surface area contributed by atoms with Gasteiger partial charge in [-0.25, -0.2) is 0 Å². The Hall–Kier alpha value is -1.94. The Kier molecular flexibility index (Phi) is 3.67. The SMILES string of the molecule is O=C(NCc1cccnc1)c1cnccc1Cl. The first-order chi connectivity index (χ1) is 8.27. The maximum atomic E-state index is 11.8. The predicted molar refractivity (Wildman–Crippen MR) is 64.7 cm³/mol. The van der Waals surface area contributed by atoms with Gasteiger partial charge in [-0.1, -0.05) is 17.7 Å². The molecule has 2 aromatic rings. The van der Waals surface area contributed by atoms with Crippen LogP contribution in [0.1, 0.15) is 15.9 Å². The van der Waals surface area contributed by atoms with Crippen molar-refractivity contribution in [1.82, 2.24) is 15.3 Å². The molecule has 0 saturated heterocycles. The molecule has 2 heterocycles. The molecule has 0 bridgehead atoms. The minimum atomic E-state index is -0.244. The van der Waals surface area contributed by atoms with E-state index in [9.17, 15) is 4.79 Å². The van der Waals surface area contributed by atoms with Crippen LogP contribution in [0.4, 0.5) is 0 Å². The van der Waals surface area contributed by atoms with Gasteiger partial charge in [0.05, 0.1) is 10.6 Å². The van der Waals surface area contributed by atoms with Crippen molar-refractivity contribution in [3.8, 4) is 0 Å². The molecule has 17 heavy (non-hydrogen) atoms. The van der Waals surface area contributed by atoms with Crippen molar-refractivity contribution in [3.63, 3.8) is 0 Å². The molecule has 86 valence electrons. The molecule has 4 nitrogen and oxygen atoms in total. The van der Waals surface area contributed by atoms with Gasteiger partial charge in [-0.3, -0.25) is 14.8 Å². The first-order valence-electron chi connectivity index (χ1n) is 5.04. The van der Waals surface area contributed by atoms with Gasteiger partial charge in [-0.05, 0) is 17.7 Å². The molecule has 0 aliphatic carbocycles. The summed E-state index contributed by atoms with van der Waals surface area (Å²) in [5.74, 6) is -0.244. The van der Waals surface area contributed by atoms with Crippen LogP contribution in [0, 0.1) is 0 Å². The quantitative estimate of drug-likeness (QED) is 0.903. The number of aromatic nitrogens is 2. The molecule has 0 aromatic carbocycles. The smallest absolute Gasteiger partial charge is 0.254 e. The van der Waals surface area contributed by atoms with Gasteiger partial charge in [0.25, 0.3) is 5.91 Å². The van der Waals surface area contributed by atoms with Crippen LogP contribution in [-0.2, 0) is 6.54 Å². The van der Waals surface area contributed by atoms with E-state index in [2.05, 4.69) is 15.3 Å². The molecule has 0 spiro atoms. The van der Waals surface area contributed by atoms with Gasteiger partial charge in [0.2, 0.25) is 0 Å². The Balaban J connectivity index is 2.01. The Morgan fingerprint density at radius 1 is 1.24 bits per heavy atom. The third-order valence-electron chi connectivity index (χ3n) is 2.19. The van der Waals surface area contributed by atoms with Crippen molar-refractivity contribution >= 4 is 17.5 Å². The molecule has 1 amide bonds. The number of rotatable bonds is 3. The van der Waals surface area contributed by atoms with Gasteiger partial charge in [-0.15, -0.1) is 0 Å². The zero-order valence-electron chi connectivity index (χ0n) is 8.93. The molecule has 2 aromatic heterocycles. The molecule has 0 fully saturated rings. The number of carbonyl (C=O) groups is 1. The number of hydrogen-bond donors (Lipinski definition) is 1. The second-order valence-corrected chi connectivity index (χ2v) is 3.81. The highest BCUT2D eigenvalue weighted by Crippen LogP contribution is 2.13. The summed E-state index contributed by atoms with van der Waals surface area (Å²) in [6, 6.07) is 5.29. The number of nitrogens with one attached hydrogen (secondary N) is 1. The fraction of sp³-hybridized carbons (Fsp3) is 0.0833. The molecule has 0 saturated carbocycles. The van der Waals surface area contributed by atoms with E-state index in [1.54, 1.807) is 24.7 Å². The maximum Gasteiger partial charge on any atom is 0.254 e. The number of nitrogens with zero attached hydrogens (tertiary/aromatic N) is 2. The second kappa shape index (κ2) is 5.41. The fourth-order valence-corrected chi connectivity index (χ4v) is 1.52. The highest BCUT2D eigenvalue weighted by molar-refractivity contribution is 6.33. The first-order valence-corrected chi connectivity index (χ1v) is 5.42. The summed E-state index contributed by atoms with van der Waals surface area (Å²) in [7, 11) is 0. The van der Waals surface area contributed by atoms with E-state index in [0.717, 1.165) is 5.56 Å². The number of amides is 1. The lowest BCUT2D eigenvalue weighted by atomic mass is 10.2. The van der Waals surface area contributed by atoms with E-state index in [1.165, 1.54) is 6.20 Å². The van der Waals surface area contributed by atoms with Gasteiger partial charge in [0, 0.05) is 31.3 Å². The number of halogens is 1. The summed E-state index contributed by atoms with van der Waals surface area (Å²) in [5, 5.41) is 3.14. The van der Waals surface area contributed by atoms with Gasteiger partial charge in [-0.2, -0.15) is 0 Å². The predicted octanol–water partition coefficient (Wildman–Crippen LogP) is 2.06. The maximum absolute atomic E-state index is 11.8. The minimum Gasteiger partial charge on any atom is -0.348 e. The molecule has 0 radical (unpaired) electrons. The van der Waals surface area contributed by atoms with E-state index < -0.39 is 0 Å². The van der Waals surface area contributed by atoms with Crippen LogP contribution >= 0.6 is 11.6 Å². The molecule has 5 heteroatoms. The van der Waals surface area contributed by atoms with Crippen LogP contribution in [0.5, 0.6) is 0 Å². The molecule has 0 aliphatic rings. The average Bonchev–Trinajstić information content (AvgIpc) is 2.38. The largest absolute Gasteiger partial charge is 0.348 e. The lowest BCUT2D eigenvalue weighted by molar-refractivity contribution is 0.0950. The van der Waals surface area contributed by atoms with Gasteiger partial charge >= 0.3 is 0 Å². The lowest BCUT2D eigenvalue weighted by Gasteiger charge is -2.05. The van der Waals surface area contributed by atoms with Crippen LogP contribution in [0.15, 0.2) is 43.0 Å². The number of pyridine rings is 2. The van der Waals surface area contributed by atoms with E-state index >= 15 is 0 Å². The molecule has 2 rings (SSSR count). The van der Waals surface area contributed by atoms with Crippen molar-refractivity contribution in [2.45, 2.75) is 6.54 Å². The highest BCUT2D eigenvalue weighted by Gasteiger charge is 2.09. The Labute approximate surface area is 104 Å². The summed E-state index contributed by atoms with van der Waals surface area (Å²) in [6.07, 6.45) is 6.37. The summed E-state index contributed by atoms with van der Waals surface area (Å²) in [5.41, 5.74) is 1.30. The Morgan fingerprint density at radius 2 is 2.06 bits per heavy atom. The van der Waals surface area contributed by atoms with Crippen molar-refractivity contribution in [3.05, 3.63) is 59.1 Å². The van der Waals surface area contributed by atoms with Crippen LogP contribution < -0.4 is 5.32 Å². The number of carbonyl (C=O) groups excluding carboxylic acids is 1. The summed E-state index contributed by atoms with van der Waals surface area (Å²) in [4.78, 5) is 19.6. The molecule has 0 aliphatic heterocycles. The molecular formula is C12H10ClN3O. The lowest BCUT2D eigenvalue weighted by Crippen LogP contribution is -2.23. The van der Waals surface area contributed by atoms with Crippen LogP contribution in [0.3, 0.4) is 0 Å². The molecule has 0 atom stereocenters. The fourth-order valence-electron chi connectivity index (χ4n) is 1.32. The van der Waals surface area contributed by atoms with E-state index in [1.807, 2.05) is 12.1 Å². The molecular weight excluding hydrogens is 238 g/mol. The Morgan fingerprint density at radius 3 is 2.76 bits per heavy atom. The molecule has 1 N–H and O–H groups in total. The third kappa shape index (κ3) is 3.01. The van der Waals surface area contributed by atoms with Crippen molar-refractivity contribution in [2.24, 2.45) is 0 Å². The van der Waals surface area contributed by atoms with Crippen LogP contribution in [0.2, 0.25) is 5.02 Å². The average molecular weight is 248 g/mol. The zero-order chi connectivity index (χ0) is 12.1. The van der Waals surface area contributed by atoms with E-state index in [0.29, 0.717) is 17.1 Å². The van der Waals surface area contributed by atoms with Gasteiger partial charge in [0.15, 0.2) is 0 Å². The monoisotopic (exact) mass is 247 g/mol. The normalized spacial score (nSPS) is 9.94. The van der Waals surface area contributed by atoms with Crippen molar-refractivity contribution in [1.29, 1.82) is 0 Å². The van der Waals surface area contributed by atoms with E-state index in [4.69, 9.17) is 11.6 Å². The van der Waals surface area contributed by atoms with Gasteiger partial charge < -0.3 is 5.32 Å². The van der Waals surface area contributed by atoms with Crippen LogP contribution in [0.25, 0.3) is 0 Å². The van der Waals surface area contributed by atoms with Crippen molar-refractivity contribution in [2.75, 3.05) is 0 Å². The third-order valence-corrected chi connectivity index (χ3v) is 2.52. The standard InChI is InChI=1S/C12H10ClN3O/c13-11-3-5-15-8-10(11)12(17)16-7-9-2-1-4-14-6-9/h1-6,8H,7H2,(H,16,17). The van der Waals surface area contributed by atoms with E-state index in [-0.39, 0.29) is 5.91 Å². The minimum absolute atomic E-state index is 0.244. The summed E-state index contributed by atoms with van der Waals surface area (Å²) < 4.78 is 0. The Bertz CT molecular complexity index is 516. The summed E-state index contributed by atoms with van der Waals surface area (Å²) in [6.45, 7) is 0.415.